The number of aromatic nitrogens is 3. The minimum absolute atomic E-state index is 0.280. The highest BCUT2D eigenvalue weighted by molar-refractivity contribution is 7.19. The van der Waals surface area contributed by atoms with E-state index in [1.54, 1.807) is 0 Å². The third-order valence-corrected chi connectivity index (χ3v) is 12.8. The monoisotopic (exact) mass is 733 g/mol. The highest BCUT2D eigenvalue weighted by Crippen LogP contribution is 2.60. The Kier molecular flexibility index (Phi) is 7.38. The van der Waals surface area contributed by atoms with Crippen molar-refractivity contribution in [2.45, 2.75) is 19.3 Å². The molecule has 0 saturated carbocycles. The molecule has 0 unspecified atom stereocenters. The summed E-state index contributed by atoms with van der Waals surface area (Å²) in [6.07, 6.45) is 0. The van der Waals surface area contributed by atoms with Crippen molar-refractivity contribution in [3.05, 3.63) is 187 Å². The maximum absolute atomic E-state index is 5.09. The van der Waals surface area contributed by atoms with Crippen LogP contribution in [0.15, 0.2) is 176 Å². The lowest BCUT2D eigenvalue weighted by atomic mass is 9.81. The number of nitrogens with zero attached hydrogens (tertiary/aromatic N) is 3. The third-order valence-electron chi connectivity index (χ3n) is 11.5. The Bertz CT molecular complexity index is 3050. The van der Waals surface area contributed by atoms with Gasteiger partial charge in [-0.05, 0) is 72.3 Å². The van der Waals surface area contributed by atoms with Crippen LogP contribution in [0.5, 0.6) is 0 Å². The molecule has 2 heterocycles. The van der Waals surface area contributed by atoms with Gasteiger partial charge in [0.2, 0.25) is 0 Å². The standard InChI is InChI=1S/C52H35N3S/c1-52(2)44-31-36(51-54-49(33-18-8-4-9-19-33)53-50(55-51)34-20-10-5-11-21-34)27-29-42(44)45-46(52)48(32-16-6-3-7-17-32)56-47(45)35-26-28-41-39-24-13-12-22-37(39)38-23-14-15-25-40(38)43(41)30-35/h3-31H,1-2H3. The maximum atomic E-state index is 5.09. The summed E-state index contributed by atoms with van der Waals surface area (Å²) in [7, 11) is 0. The van der Waals surface area contributed by atoms with Crippen LogP contribution in [-0.4, -0.2) is 15.0 Å². The number of thiophene rings is 1. The molecular formula is C52H35N3S. The first-order valence-corrected chi connectivity index (χ1v) is 19.9. The lowest BCUT2D eigenvalue weighted by Crippen LogP contribution is -2.15. The van der Waals surface area contributed by atoms with Gasteiger partial charge in [0.1, 0.15) is 0 Å². The molecule has 1 aliphatic carbocycles. The van der Waals surface area contributed by atoms with Gasteiger partial charge in [0.15, 0.2) is 17.5 Å². The number of fused-ring (bicyclic) bond motifs is 9. The van der Waals surface area contributed by atoms with E-state index >= 15 is 0 Å². The fraction of sp³-hybridized carbons (Fsp3) is 0.0577. The van der Waals surface area contributed by atoms with E-state index in [-0.39, 0.29) is 5.41 Å². The molecule has 0 radical (unpaired) electrons. The van der Waals surface area contributed by atoms with Crippen molar-refractivity contribution in [2.75, 3.05) is 0 Å². The Labute approximate surface area is 329 Å². The number of rotatable bonds is 5. The molecule has 0 amide bonds. The molecule has 2 aromatic heterocycles. The Morgan fingerprint density at radius 1 is 0.375 bits per heavy atom. The largest absolute Gasteiger partial charge is 0.208 e. The van der Waals surface area contributed by atoms with Crippen LogP contribution in [-0.2, 0) is 5.41 Å². The molecule has 0 spiro atoms. The molecule has 10 aromatic rings. The summed E-state index contributed by atoms with van der Waals surface area (Å²) in [4.78, 5) is 17.8. The van der Waals surface area contributed by atoms with Crippen LogP contribution in [0.2, 0.25) is 0 Å². The summed E-state index contributed by atoms with van der Waals surface area (Å²) in [6, 6.07) is 62.9. The molecule has 0 atom stereocenters. The predicted octanol–water partition coefficient (Wildman–Crippen LogP) is 14.0. The predicted molar refractivity (Wildman–Crippen MR) is 235 cm³/mol. The average molecular weight is 734 g/mol. The van der Waals surface area contributed by atoms with E-state index in [0.29, 0.717) is 17.5 Å². The van der Waals surface area contributed by atoms with E-state index in [1.165, 1.54) is 75.5 Å². The van der Waals surface area contributed by atoms with Crippen LogP contribution in [0.1, 0.15) is 25.0 Å². The minimum atomic E-state index is -0.280. The summed E-state index contributed by atoms with van der Waals surface area (Å²) in [5, 5.41) is 7.73. The quantitative estimate of drug-likeness (QED) is 0.165. The summed E-state index contributed by atoms with van der Waals surface area (Å²) in [6.45, 7) is 4.76. The number of hydrogen-bond acceptors (Lipinski definition) is 4. The van der Waals surface area contributed by atoms with Crippen molar-refractivity contribution in [2.24, 2.45) is 0 Å². The molecule has 0 N–H and O–H groups in total. The molecule has 4 heteroatoms. The van der Waals surface area contributed by atoms with E-state index < -0.39 is 0 Å². The molecule has 0 fully saturated rings. The molecule has 56 heavy (non-hydrogen) atoms. The fourth-order valence-corrected chi connectivity index (χ4v) is 10.3. The van der Waals surface area contributed by atoms with Crippen molar-refractivity contribution in [3.63, 3.8) is 0 Å². The zero-order valence-corrected chi connectivity index (χ0v) is 31.8. The van der Waals surface area contributed by atoms with Gasteiger partial charge >= 0.3 is 0 Å². The molecular weight excluding hydrogens is 699 g/mol. The Morgan fingerprint density at radius 2 is 0.821 bits per heavy atom. The van der Waals surface area contributed by atoms with Crippen molar-refractivity contribution in [1.82, 2.24) is 15.0 Å². The Balaban J connectivity index is 1.13. The Morgan fingerprint density at radius 3 is 1.38 bits per heavy atom. The molecule has 0 saturated heterocycles. The van der Waals surface area contributed by atoms with Gasteiger partial charge in [-0.15, -0.1) is 11.3 Å². The lowest BCUT2D eigenvalue weighted by molar-refractivity contribution is 0.664. The first kappa shape index (κ1) is 32.7. The van der Waals surface area contributed by atoms with Gasteiger partial charge in [-0.2, -0.15) is 0 Å². The van der Waals surface area contributed by atoms with Gasteiger partial charge < -0.3 is 0 Å². The maximum Gasteiger partial charge on any atom is 0.164 e. The minimum Gasteiger partial charge on any atom is -0.208 e. The van der Waals surface area contributed by atoms with Gasteiger partial charge in [0.05, 0.1) is 0 Å². The van der Waals surface area contributed by atoms with Crippen LogP contribution in [0.4, 0.5) is 0 Å². The molecule has 264 valence electrons. The van der Waals surface area contributed by atoms with Crippen LogP contribution in [0.3, 0.4) is 0 Å². The van der Waals surface area contributed by atoms with Gasteiger partial charge in [-0.1, -0.05) is 178 Å². The van der Waals surface area contributed by atoms with Crippen molar-refractivity contribution in [3.8, 4) is 66.2 Å². The van der Waals surface area contributed by atoms with Crippen LogP contribution in [0, 0.1) is 0 Å². The number of benzene rings is 8. The summed E-state index contributed by atoms with van der Waals surface area (Å²) >= 11 is 1.92. The van der Waals surface area contributed by atoms with Crippen LogP contribution in [0.25, 0.3) is 98.5 Å². The smallest absolute Gasteiger partial charge is 0.164 e. The molecule has 0 aliphatic heterocycles. The highest BCUT2D eigenvalue weighted by Gasteiger charge is 2.41. The van der Waals surface area contributed by atoms with E-state index in [9.17, 15) is 0 Å². The molecule has 3 nitrogen and oxygen atoms in total. The molecule has 11 rings (SSSR count). The van der Waals surface area contributed by atoms with Gasteiger partial charge in [0.25, 0.3) is 0 Å². The summed E-state index contributed by atoms with van der Waals surface area (Å²) in [5.41, 5.74) is 10.4. The van der Waals surface area contributed by atoms with E-state index in [0.717, 1.165) is 16.7 Å². The lowest BCUT2D eigenvalue weighted by Gasteiger charge is -2.23. The summed E-state index contributed by atoms with van der Waals surface area (Å²) in [5.74, 6) is 2.00. The molecule has 1 aliphatic rings. The zero-order valence-electron chi connectivity index (χ0n) is 31.0. The van der Waals surface area contributed by atoms with E-state index in [2.05, 4.69) is 153 Å². The molecule has 8 aromatic carbocycles. The van der Waals surface area contributed by atoms with Crippen LogP contribution >= 0.6 is 11.3 Å². The van der Waals surface area contributed by atoms with Crippen molar-refractivity contribution < 1.29 is 0 Å². The Hall–Kier alpha value is -6.75. The van der Waals surface area contributed by atoms with Crippen LogP contribution < -0.4 is 0 Å². The van der Waals surface area contributed by atoms with E-state index in [1.807, 2.05) is 47.7 Å². The number of hydrogen-bond donors (Lipinski definition) is 0. The fourth-order valence-electron chi connectivity index (χ4n) is 8.82. The first-order chi connectivity index (χ1) is 27.5. The second kappa shape index (κ2) is 12.7. The van der Waals surface area contributed by atoms with E-state index in [4.69, 9.17) is 15.0 Å². The zero-order chi connectivity index (χ0) is 37.4. The molecule has 0 bridgehead atoms. The summed E-state index contributed by atoms with van der Waals surface area (Å²) < 4.78 is 0. The SMILES string of the molecule is CC1(C)c2cc(-c3nc(-c4ccccc4)nc(-c4ccccc4)n3)ccc2-c2c(-c3ccc4c5ccccc5c5ccccc5c4c3)sc(-c3ccccc3)c21. The highest BCUT2D eigenvalue weighted by atomic mass is 32.1. The normalized spacial score (nSPS) is 13.0. The second-order valence-electron chi connectivity index (χ2n) is 15.2. The van der Waals surface area contributed by atoms with Gasteiger partial charge in [-0.25, -0.2) is 15.0 Å². The van der Waals surface area contributed by atoms with Gasteiger partial charge in [0, 0.05) is 37.4 Å². The average Bonchev–Trinajstić information content (AvgIpc) is 3.78. The first-order valence-electron chi connectivity index (χ1n) is 19.1. The second-order valence-corrected chi connectivity index (χ2v) is 16.2. The topological polar surface area (TPSA) is 38.7 Å². The third kappa shape index (κ3) is 5.07. The van der Waals surface area contributed by atoms with Gasteiger partial charge in [-0.3, -0.25) is 0 Å². The van der Waals surface area contributed by atoms with Crippen molar-refractivity contribution >= 4 is 43.7 Å². The van der Waals surface area contributed by atoms with Crippen molar-refractivity contribution in [1.29, 1.82) is 0 Å².